The van der Waals surface area contributed by atoms with Crippen molar-refractivity contribution in [3.8, 4) is 0 Å². The van der Waals surface area contributed by atoms with E-state index in [1.165, 1.54) is 7.11 Å². The van der Waals surface area contributed by atoms with Crippen molar-refractivity contribution in [3.63, 3.8) is 0 Å². The van der Waals surface area contributed by atoms with Gasteiger partial charge in [-0.05, 0) is 24.0 Å². The van der Waals surface area contributed by atoms with E-state index in [9.17, 15) is 14.4 Å². The van der Waals surface area contributed by atoms with E-state index in [-0.39, 0.29) is 18.1 Å². The van der Waals surface area contributed by atoms with Crippen molar-refractivity contribution >= 4 is 29.9 Å². The molecule has 1 aliphatic rings. The van der Waals surface area contributed by atoms with Gasteiger partial charge in [-0.1, -0.05) is 63.4 Å². The highest BCUT2D eigenvalue weighted by Gasteiger charge is 2.36. The molecule has 1 heterocycles. The standard InChI is InChI=1S/C22H28N2O5/c1-4-6-10-16(5-2)15-29-21(27)18(13-17-11-8-7-9-12-17)14-24-20(26)19(25)23-22(24)28-3/h7-9,11-13,16H,4-6,10,14-15H2,1-3H3. The Kier molecular flexibility index (Phi) is 8.58. The largest absolute Gasteiger partial charge is 0.468 e. The van der Waals surface area contributed by atoms with Gasteiger partial charge in [0.2, 0.25) is 0 Å². The summed E-state index contributed by atoms with van der Waals surface area (Å²) in [6.45, 7) is 4.36. The van der Waals surface area contributed by atoms with Crippen molar-refractivity contribution in [2.24, 2.45) is 10.9 Å². The summed E-state index contributed by atoms with van der Waals surface area (Å²) in [5.74, 6) is -1.97. The predicted molar refractivity (Wildman–Crippen MR) is 110 cm³/mol. The summed E-state index contributed by atoms with van der Waals surface area (Å²) in [4.78, 5) is 41.2. The molecule has 0 spiro atoms. The van der Waals surface area contributed by atoms with Gasteiger partial charge in [0.05, 0.1) is 25.8 Å². The number of nitrogens with zero attached hydrogens (tertiary/aromatic N) is 2. The second kappa shape index (κ2) is 11.1. The first-order valence-electron chi connectivity index (χ1n) is 9.91. The van der Waals surface area contributed by atoms with Crippen molar-refractivity contribution in [1.82, 2.24) is 4.90 Å². The number of carbonyl (C=O) groups is 3. The van der Waals surface area contributed by atoms with Crippen LogP contribution in [0.4, 0.5) is 0 Å². The SMILES string of the molecule is CCCCC(CC)COC(=O)C(=Cc1ccccc1)CN1C(=O)C(=O)N=C1OC. The molecule has 0 bridgehead atoms. The zero-order valence-corrected chi connectivity index (χ0v) is 17.2. The molecule has 0 aliphatic carbocycles. The Morgan fingerprint density at radius 2 is 1.93 bits per heavy atom. The van der Waals surface area contributed by atoms with Gasteiger partial charge in [-0.15, -0.1) is 0 Å². The number of ether oxygens (including phenoxy) is 2. The summed E-state index contributed by atoms with van der Waals surface area (Å²) in [5.41, 5.74) is 1.03. The molecule has 1 atom stereocenters. The zero-order valence-electron chi connectivity index (χ0n) is 17.2. The van der Waals surface area contributed by atoms with Gasteiger partial charge in [0.1, 0.15) is 0 Å². The minimum absolute atomic E-state index is 0.124. The minimum atomic E-state index is -0.917. The van der Waals surface area contributed by atoms with Gasteiger partial charge in [0, 0.05) is 0 Å². The molecule has 0 N–H and O–H groups in total. The number of hydrogen-bond donors (Lipinski definition) is 0. The van der Waals surface area contributed by atoms with Crippen molar-refractivity contribution in [3.05, 3.63) is 41.5 Å². The summed E-state index contributed by atoms with van der Waals surface area (Å²) in [7, 11) is 1.32. The molecule has 0 saturated carbocycles. The average Bonchev–Trinajstić information content (AvgIpc) is 3.01. The lowest BCUT2D eigenvalue weighted by Crippen LogP contribution is -2.37. The van der Waals surface area contributed by atoms with Crippen molar-refractivity contribution in [2.75, 3.05) is 20.3 Å². The molecule has 2 amide bonds. The average molecular weight is 400 g/mol. The van der Waals surface area contributed by atoms with Crippen LogP contribution in [0.2, 0.25) is 0 Å². The van der Waals surface area contributed by atoms with E-state index in [0.717, 1.165) is 36.1 Å². The predicted octanol–water partition coefficient (Wildman–Crippen LogP) is 3.20. The number of esters is 1. The summed E-state index contributed by atoms with van der Waals surface area (Å²) >= 11 is 0. The molecule has 7 nitrogen and oxygen atoms in total. The van der Waals surface area contributed by atoms with Crippen LogP contribution < -0.4 is 0 Å². The number of unbranched alkanes of at least 4 members (excludes halogenated alkanes) is 1. The van der Waals surface area contributed by atoms with Crippen LogP contribution in [-0.4, -0.2) is 49.0 Å². The molecule has 0 saturated heterocycles. The maximum atomic E-state index is 12.8. The van der Waals surface area contributed by atoms with Crippen molar-refractivity contribution in [2.45, 2.75) is 39.5 Å². The quantitative estimate of drug-likeness (QED) is 0.342. The monoisotopic (exact) mass is 400 g/mol. The Labute approximate surface area is 171 Å². The Balaban J connectivity index is 2.18. The van der Waals surface area contributed by atoms with Crippen molar-refractivity contribution in [1.29, 1.82) is 0 Å². The number of methoxy groups -OCH3 is 1. The van der Waals surface area contributed by atoms with E-state index >= 15 is 0 Å². The molecule has 2 rings (SSSR count). The number of carbonyl (C=O) groups excluding carboxylic acids is 3. The van der Waals surface area contributed by atoms with Gasteiger partial charge in [-0.2, -0.15) is 4.99 Å². The van der Waals surface area contributed by atoms with Crippen LogP contribution in [0.3, 0.4) is 0 Å². The van der Waals surface area contributed by atoms with Crippen LogP contribution in [0.15, 0.2) is 40.9 Å². The fraction of sp³-hybridized carbons (Fsp3) is 0.455. The van der Waals surface area contributed by atoms with Gasteiger partial charge in [-0.25, -0.2) is 4.79 Å². The third-order valence-corrected chi connectivity index (χ3v) is 4.76. The zero-order chi connectivity index (χ0) is 21.2. The van der Waals surface area contributed by atoms with Crippen LogP contribution in [0.5, 0.6) is 0 Å². The van der Waals surface area contributed by atoms with Crippen LogP contribution in [0, 0.1) is 5.92 Å². The number of amidine groups is 1. The smallest absolute Gasteiger partial charge is 0.340 e. The second-order valence-corrected chi connectivity index (χ2v) is 6.89. The second-order valence-electron chi connectivity index (χ2n) is 6.89. The molecule has 0 aromatic heterocycles. The summed E-state index contributed by atoms with van der Waals surface area (Å²) in [5, 5.41) is 0. The van der Waals surface area contributed by atoms with E-state index in [0.29, 0.717) is 12.5 Å². The molecule has 1 aromatic carbocycles. The Morgan fingerprint density at radius 3 is 2.55 bits per heavy atom. The lowest BCUT2D eigenvalue weighted by molar-refractivity contribution is -0.142. The third kappa shape index (κ3) is 6.27. The van der Waals surface area contributed by atoms with Crippen LogP contribution in [-0.2, 0) is 23.9 Å². The summed E-state index contributed by atoms with van der Waals surface area (Å²) < 4.78 is 10.6. The lowest BCUT2D eigenvalue weighted by Gasteiger charge is -2.19. The highest BCUT2D eigenvalue weighted by atomic mass is 16.5. The maximum absolute atomic E-state index is 12.8. The first kappa shape index (κ1) is 22.3. The molecular weight excluding hydrogens is 372 g/mol. The third-order valence-electron chi connectivity index (χ3n) is 4.76. The van der Waals surface area contributed by atoms with Gasteiger partial charge in [0.25, 0.3) is 0 Å². The fourth-order valence-corrected chi connectivity index (χ4v) is 2.97. The topological polar surface area (TPSA) is 85.3 Å². The van der Waals surface area contributed by atoms with Crippen LogP contribution >= 0.6 is 0 Å². The molecule has 0 radical (unpaired) electrons. The van der Waals surface area contributed by atoms with E-state index < -0.39 is 17.8 Å². The fourth-order valence-electron chi connectivity index (χ4n) is 2.97. The van der Waals surface area contributed by atoms with E-state index in [1.807, 2.05) is 30.3 Å². The number of aliphatic imine (C=N–C) groups is 1. The molecule has 156 valence electrons. The van der Waals surface area contributed by atoms with Gasteiger partial charge in [-0.3, -0.25) is 14.5 Å². The molecule has 7 heteroatoms. The summed E-state index contributed by atoms with van der Waals surface area (Å²) in [6, 6.07) is 9.12. The van der Waals surface area contributed by atoms with E-state index in [4.69, 9.17) is 9.47 Å². The van der Waals surface area contributed by atoms with E-state index in [2.05, 4.69) is 18.8 Å². The van der Waals surface area contributed by atoms with Gasteiger partial charge in [0.15, 0.2) is 0 Å². The van der Waals surface area contributed by atoms with Gasteiger partial charge >= 0.3 is 23.8 Å². The molecule has 1 unspecified atom stereocenters. The Hall–Kier alpha value is -2.96. The highest BCUT2D eigenvalue weighted by Crippen LogP contribution is 2.17. The molecule has 29 heavy (non-hydrogen) atoms. The van der Waals surface area contributed by atoms with Crippen LogP contribution in [0.1, 0.15) is 45.1 Å². The van der Waals surface area contributed by atoms with E-state index in [1.54, 1.807) is 6.08 Å². The highest BCUT2D eigenvalue weighted by molar-refractivity contribution is 6.43. The first-order chi connectivity index (χ1) is 14.0. The van der Waals surface area contributed by atoms with Crippen LogP contribution in [0.25, 0.3) is 6.08 Å². The molecule has 0 fully saturated rings. The maximum Gasteiger partial charge on any atom is 0.340 e. The number of amides is 2. The molecule has 1 aromatic rings. The lowest BCUT2D eigenvalue weighted by atomic mass is 10.0. The number of benzene rings is 1. The Bertz CT molecular complexity index is 786. The normalized spacial score (nSPS) is 15.3. The Morgan fingerprint density at radius 1 is 1.21 bits per heavy atom. The molecule has 1 aliphatic heterocycles. The first-order valence-corrected chi connectivity index (χ1v) is 9.91. The summed E-state index contributed by atoms with van der Waals surface area (Å²) in [6.07, 6.45) is 5.75. The van der Waals surface area contributed by atoms with Gasteiger partial charge < -0.3 is 9.47 Å². The molecular formula is C22H28N2O5. The minimum Gasteiger partial charge on any atom is -0.468 e. The number of hydrogen-bond acceptors (Lipinski definition) is 5. The number of rotatable bonds is 10. The van der Waals surface area contributed by atoms with Crippen molar-refractivity contribution < 1.29 is 23.9 Å².